The minimum atomic E-state index is -0.597. The fraction of sp³-hybridized carbons (Fsp3) is 0.643. The Labute approximate surface area is 133 Å². The number of nitrogens with two attached hydrogens (primary N) is 1. The third-order valence-electron chi connectivity index (χ3n) is 3.87. The van der Waals surface area contributed by atoms with Gasteiger partial charge in [-0.25, -0.2) is 0 Å². The maximum atomic E-state index is 11.9. The van der Waals surface area contributed by atoms with Crippen LogP contribution >= 0.6 is 23.1 Å². The van der Waals surface area contributed by atoms with Crippen LogP contribution in [0, 0.1) is 0 Å². The number of hydrogen-bond donors (Lipinski definition) is 3. The molecule has 21 heavy (non-hydrogen) atoms. The van der Waals surface area contributed by atoms with Crippen molar-refractivity contribution in [2.24, 2.45) is 0 Å². The van der Waals surface area contributed by atoms with Crippen LogP contribution in [0.25, 0.3) is 0 Å². The molecular formula is C14H23N3O2S2. The predicted octanol–water partition coefficient (Wildman–Crippen LogP) is 2.15. The predicted molar refractivity (Wildman–Crippen MR) is 90.6 cm³/mol. The van der Waals surface area contributed by atoms with Crippen LogP contribution in [0.5, 0.6) is 0 Å². The zero-order chi connectivity index (χ0) is 15.6. The molecule has 0 radical (unpaired) electrons. The van der Waals surface area contributed by atoms with Gasteiger partial charge in [-0.1, -0.05) is 0 Å². The highest BCUT2D eigenvalue weighted by Gasteiger charge is 2.29. The van der Waals surface area contributed by atoms with Crippen molar-refractivity contribution in [3.63, 3.8) is 0 Å². The minimum Gasteiger partial charge on any atom is -0.396 e. The molecule has 0 aromatic carbocycles. The van der Waals surface area contributed by atoms with Crippen molar-refractivity contribution >= 4 is 39.7 Å². The third-order valence-corrected chi connectivity index (χ3v) is 6.09. The van der Waals surface area contributed by atoms with E-state index in [9.17, 15) is 9.90 Å². The second kappa shape index (κ2) is 6.46. The number of nitrogens with one attached hydrogen (secondary N) is 1. The average Bonchev–Trinajstić information content (AvgIpc) is 2.66. The summed E-state index contributed by atoms with van der Waals surface area (Å²) in [5.41, 5.74) is 6.11. The molecule has 1 atom stereocenters. The molecular weight excluding hydrogens is 306 g/mol. The molecule has 0 bridgehead atoms. The zero-order valence-electron chi connectivity index (χ0n) is 12.7. The van der Waals surface area contributed by atoms with Crippen LogP contribution in [0.2, 0.25) is 0 Å². The highest BCUT2D eigenvalue weighted by atomic mass is 32.2. The number of anilines is 2. The quantitative estimate of drug-likeness (QED) is 0.741. The first kappa shape index (κ1) is 16.5. The van der Waals surface area contributed by atoms with E-state index >= 15 is 0 Å². The standard InChI is InChI=1S/C14H23N3O2S2/c1-14(19)5-4-7-17(8-6-14)13-11(20-3)9(15)10(21-13)12(18)16-2/h19H,4-8,15H2,1-3H3,(H,16,18). The molecule has 0 aliphatic carbocycles. The van der Waals surface area contributed by atoms with Crippen molar-refractivity contribution in [3.05, 3.63) is 4.88 Å². The molecule has 1 aromatic rings. The third kappa shape index (κ3) is 3.46. The molecule has 1 aromatic heterocycles. The second-order valence-corrected chi connectivity index (χ2v) is 7.42. The summed E-state index contributed by atoms with van der Waals surface area (Å²) in [6, 6.07) is 0. The fourth-order valence-corrected chi connectivity index (χ4v) is 4.75. The van der Waals surface area contributed by atoms with Crippen LogP contribution in [-0.2, 0) is 0 Å². The summed E-state index contributed by atoms with van der Waals surface area (Å²) in [6.07, 6.45) is 4.45. The first-order valence-corrected chi connectivity index (χ1v) is 9.09. The Morgan fingerprint density at radius 2 is 2.19 bits per heavy atom. The number of carbonyl (C=O) groups excluding carboxylic acids is 1. The van der Waals surface area contributed by atoms with Gasteiger partial charge in [0.2, 0.25) is 0 Å². The van der Waals surface area contributed by atoms with Crippen molar-refractivity contribution in [2.45, 2.75) is 36.7 Å². The van der Waals surface area contributed by atoms with Crippen molar-refractivity contribution < 1.29 is 9.90 Å². The number of rotatable bonds is 3. The van der Waals surface area contributed by atoms with Crippen LogP contribution in [0.4, 0.5) is 10.7 Å². The van der Waals surface area contributed by atoms with Gasteiger partial charge in [-0.05, 0) is 32.4 Å². The lowest BCUT2D eigenvalue weighted by atomic mass is 9.98. The molecule has 4 N–H and O–H groups in total. The van der Waals surface area contributed by atoms with E-state index in [4.69, 9.17) is 5.73 Å². The summed E-state index contributed by atoms with van der Waals surface area (Å²) >= 11 is 3.02. The smallest absolute Gasteiger partial charge is 0.263 e. The van der Waals surface area contributed by atoms with Gasteiger partial charge in [-0.15, -0.1) is 23.1 Å². The number of nitrogens with zero attached hydrogens (tertiary/aromatic N) is 1. The maximum absolute atomic E-state index is 11.9. The molecule has 1 fully saturated rings. The van der Waals surface area contributed by atoms with E-state index in [1.165, 1.54) is 11.3 Å². The van der Waals surface area contributed by atoms with E-state index in [-0.39, 0.29) is 5.91 Å². The van der Waals surface area contributed by atoms with Crippen LogP contribution in [0.3, 0.4) is 0 Å². The van der Waals surface area contributed by atoms with Gasteiger partial charge in [0.05, 0.1) is 16.2 Å². The van der Waals surface area contributed by atoms with Gasteiger partial charge in [0.15, 0.2) is 0 Å². The Morgan fingerprint density at radius 3 is 2.81 bits per heavy atom. The van der Waals surface area contributed by atoms with Crippen LogP contribution in [0.15, 0.2) is 4.90 Å². The average molecular weight is 329 g/mol. The van der Waals surface area contributed by atoms with Crippen molar-refractivity contribution in [3.8, 4) is 0 Å². The Hall–Kier alpha value is -0.920. The number of amides is 1. The molecule has 1 unspecified atom stereocenters. The van der Waals surface area contributed by atoms with Gasteiger partial charge < -0.3 is 21.1 Å². The lowest BCUT2D eigenvalue weighted by molar-refractivity contribution is 0.0481. The van der Waals surface area contributed by atoms with Gasteiger partial charge in [0.1, 0.15) is 9.88 Å². The van der Waals surface area contributed by atoms with Gasteiger partial charge in [0, 0.05) is 20.1 Å². The van der Waals surface area contributed by atoms with E-state index in [0.717, 1.165) is 42.2 Å². The molecule has 7 heteroatoms. The molecule has 118 valence electrons. The molecule has 1 saturated heterocycles. The number of thiophene rings is 1. The molecule has 2 rings (SSSR count). The molecule has 2 heterocycles. The largest absolute Gasteiger partial charge is 0.396 e. The van der Waals surface area contributed by atoms with Crippen molar-refractivity contribution in [2.75, 3.05) is 37.0 Å². The fourth-order valence-electron chi connectivity index (χ4n) is 2.57. The second-order valence-electron chi connectivity index (χ2n) is 5.60. The monoisotopic (exact) mass is 329 g/mol. The van der Waals surface area contributed by atoms with E-state index < -0.39 is 5.60 Å². The molecule has 1 aliphatic rings. The number of nitrogen functional groups attached to an aromatic ring is 1. The highest BCUT2D eigenvalue weighted by molar-refractivity contribution is 7.99. The number of carbonyl (C=O) groups is 1. The number of thioether (sulfide) groups is 1. The lowest BCUT2D eigenvalue weighted by Crippen LogP contribution is -2.28. The maximum Gasteiger partial charge on any atom is 0.263 e. The van der Waals surface area contributed by atoms with Crippen LogP contribution in [0.1, 0.15) is 35.9 Å². The normalized spacial score (nSPS) is 23.0. The summed E-state index contributed by atoms with van der Waals surface area (Å²) in [6.45, 7) is 3.56. The minimum absolute atomic E-state index is 0.138. The first-order valence-electron chi connectivity index (χ1n) is 7.05. The van der Waals surface area contributed by atoms with Gasteiger partial charge in [-0.2, -0.15) is 0 Å². The molecule has 1 amide bonds. The van der Waals surface area contributed by atoms with Gasteiger partial charge >= 0.3 is 0 Å². The SMILES string of the molecule is CNC(=O)c1sc(N2CCCC(C)(O)CC2)c(SC)c1N. The Morgan fingerprint density at radius 1 is 1.48 bits per heavy atom. The van der Waals surface area contributed by atoms with Crippen molar-refractivity contribution in [1.82, 2.24) is 5.32 Å². The Balaban J connectivity index is 2.32. The Bertz CT molecular complexity index is 529. The topological polar surface area (TPSA) is 78.6 Å². The van der Waals surface area contributed by atoms with E-state index in [1.54, 1.807) is 18.8 Å². The summed E-state index contributed by atoms with van der Waals surface area (Å²) in [5, 5.41) is 13.9. The summed E-state index contributed by atoms with van der Waals surface area (Å²) in [7, 11) is 1.61. The van der Waals surface area contributed by atoms with E-state index in [1.807, 2.05) is 13.2 Å². The van der Waals surface area contributed by atoms with Crippen LogP contribution in [-0.4, -0.2) is 43.0 Å². The molecule has 5 nitrogen and oxygen atoms in total. The molecule has 0 saturated carbocycles. The van der Waals surface area contributed by atoms with Crippen LogP contribution < -0.4 is 16.0 Å². The summed E-state index contributed by atoms with van der Waals surface area (Å²) in [4.78, 5) is 15.7. The lowest BCUT2D eigenvalue weighted by Gasteiger charge is -2.23. The highest BCUT2D eigenvalue weighted by Crippen LogP contribution is 2.44. The zero-order valence-corrected chi connectivity index (χ0v) is 14.4. The summed E-state index contributed by atoms with van der Waals surface area (Å²) in [5.74, 6) is -0.138. The first-order chi connectivity index (χ1) is 9.89. The van der Waals surface area contributed by atoms with Crippen molar-refractivity contribution in [1.29, 1.82) is 0 Å². The number of hydrogen-bond acceptors (Lipinski definition) is 6. The Kier molecular flexibility index (Phi) is 5.06. The molecule has 0 spiro atoms. The molecule has 1 aliphatic heterocycles. The van der Waals surface area contributed by atoms with Gasteiger partial charge in [-0.3, -0.25) is 4.79 Å². The van der Waals surface area contributed by atoms with Gasteiger partial charge in [0.25, 0.3) is 5.91 Å². The number of aliphatic hydroxyl groups is 1. The van der Waals surface area contributed by atoms with E-state index in [0.29, 0.717) is 10.6 Å². The summed E-state index contributed by atoms with van der Waals surface area (Å²) < 4.78 is 0. The van der Waals surface area contributed by atoms with E-state index in [2.05, 4.69) is 10.2 Å².